The van der Waals surface area contributed by atoms with Crippen LogP contribution in [-0.2, 0) is 24.1 Å². The third kappa shape index (κ3) is 7.21. The summed E-state index contributed by atoms with van der Waals surface area (Å²) in [6, 6.07) is 25.0. The van der Waals surface area contributed by atoms with Gasteiger partial charge in [0.05, 0.1) is 5.97 Å². The van der Waals surface area contributed by atoms with Crippen molar-refractivity contribution in [2.75, 3.05) is 19.0 Å². The molecule has 0 aliphatic heterocycles. The van der Waals surface area contributed by atoms with E-state index in [9.17, 15) is 14.7 Å². The van der Waals surface area contributed by atoms with Gasteiger partial charge in [0.1, 0.15) is 5.78 Å². The second-order valence-corrected chi connectivity index (χ2v) is 7.24. The Kier molecular flexibility index (Phi) is 8.82. The van der Waals surface area contributed by atoms with Crippen molar-refractivity contribution in [2.45, 2.75) is 26.2 Å². The standard InChI is InChI=1S/C15H14O.C11H15NO2/c16-15(11-13-7-3-1-4-8-13)12-14-9-5-2-6-10-14;1-4-8-7-9(12(2)3)5-6-10(8)11(13)14/h1-10H,11-12H2;5-7H,4H2,1-3H3,(H,13,14)/p-1. The normalized spacial score (nSPS) is 9.97. The molecule has 4 heteroatoms. The maximum absolute atomic E-state index is 11.8. The Hall–Kier alpha value is -3.40. The topological polar surface area (TPSA) is 60.4 Å². The molecule has 0 amide bonds. The third-order valence-corrected chi connectivity index (χ3v) is 4.69. The van der Waals surface area contributed by atoms with Gasteiger partial charge in [-0.25, -0.2) is 0 Å². The number of ketones is 1. The summed E-state index contributed by atoms with van der Waals surface area (Å²) in [7, 11) is 3.85. The quantitative estimate of drug-likeness (QED) is 0.604. The van der Waals surface area contributed by atoms with Crippen LogP contribution < -0.4 is 10.0 Å². The van der Waals surface area contributed by atoms with E-state index in [4.69, 9.17) is 0 Å². The van der Waals surface area contributed by atoms with Crippen LogP contribution >= 0.6 is 0 Å². The summed E-state index contributed by atoms with van der Waals surface area (Å²) in [5, 5.41) is 10.7. The number of aromatic carboxylic acids is 1. The minimum atomic E-state index is -1.10. The molecule has 0 heterocycles. The fraction of sp³-hybridized carbons (Fsp3) is 0.231. The number of rotatable bonds is 7. The maximum atomic E-state index is 11.8. The molecule has 0 spiro atoms. The first-order chi connectivity index (χ1) is 14.4. The van der Waals surface area contributed by atoms with Crippen LogP contribution in [0.25, 0.3) is 0 Å². The Morgan fingerprint density at radius 2 is 1.30 bits per heavy atom. The van der Waals surface area contributed by atoms with E-state index in [0.717, 1.165) is 22.4 Å². The molecule has 0 aliphatic rings. The van der Waals surface area contributed by atoms with Gasteiger partial charge in [0.2, 0.25) is 0 Å². The van der Waals surface area contributed by atoms with Gasteiger partial charge in [-0.1, -0.05) is 73.7 Å². The molecule has 3 aromatic rings. The molecule has 156 valence electrons. The van der Waals surface area contributed by atoms with Gasteiger partial charge < -0.3 is 14.8 Å². The largest absolute Gasteiger partial charge is 0.545 e. The van der Waals surface area contributed by atoms with Gasteiger partial charge >= 0.3 is 0 Å². The van der Waals surface area contributed by atoms with E-state index in [-0.39, 0.29) is 11.3 Å². The van der Waals surface area contributed by atoms with Crippen LogP contribution in [0.3, 0.4) is 0 Å². The summed E-state index contributed by atoms with van der Waals surface area (Å²) in [5.41, 5.74) is 4.29. The number of carboxylic acid groups (broad SMARTS) is 1. The van der Waals surface area contributed by atoms with E-state index in [1.165, 1.54) is 0 Å². The van der Waals surface area contributed by atoms with Crippen LogP contribution in [0.15, 0.2) is 78.9 Å². The highest BCUT2D eigenvalue weighted by molar-refractivity contribution is 5.88. The monoisotopic (exact) mass is 402 g/mol. The van der Waals surface area contributed by atoms with Crippen molar-refractivity contribution in [1.29, 1.82) is 0 Å². The summed E-state index contributed by atoms with van der Waals surface area (Å²) in [5.74, 6) is -0.843. The van der Waals surface area contributed by atoms with Gasteiger partial charge in [-0.05, 0) is 35.2 Å². The van der Waals surface area contributed by atoms with Crippen molar-refractivity contribution in [3.8, 4) is 0 Å². The zero-order chi connectivity index (χ0) is 21.9. The molecule has 0 bridgehead atoms. The zero-order valence-corrected chi connectivity index (χ0v) is 17.8. The SMILES string of the molecule is CCc1cc(N(C)C)ccc1C(=O)[O-].O=C(Cc1ccccc1)Cc1ccccc1. The molecule has 0 saturated carbocycles. The van der Waals surface area contributed by atoms with E-state index in [0.29, 0.717) is 19.3 Å². The molecular weight excluding hydrogens is 374 g/mol. The number of aryl methyl sites for hydroxylation is 1. The highest BCUT2D eigenvalue weighted by Crippen LogP contribution is 2.18. The predicted molar refractivity (Wildman–Crippen MR) is 120 cm³/mol. The molecule has 0 unspecified atom stereocenters. The summed E-state index contributed by atoms with van der Waals surface area (Å²) in [6.45, 7) is 1.93. The zero-order valence-electron chi connectivity index (χ0n) is 17.8. The number of benzene rings is 3. The van der Waals surface area contributed by atoms with E-state index in [1.807, 2.05) is 92.6 Å². The first kappa shape index (κ1) is 22.9. The van der Waals surface area contributed by atoms with E-state index < -0.39 is 5.97 Å². The molecule has 0 aliphatic carbocycles. The van der Waals surface area contributed by atoms with E-state index in [2.05, 4.69) is 0 Å². The Bertz CT molecular complexity index is 907. The molecule has 0 aromatic heterocycles. The number of Topliss-reactive ketones (excluding diaryl/α,β-unsaturated/α-hetero) is 1. The molecule has 0 N–H and O–H groups in total. The maximum Gasteiger partial charge on any atom is 0.141 e. The van der Waals surface area contributed by atoms with Crippen LogP contribution in [-0.4, -0.2) is 25.8 Å². The van der Waals surface area contributed by atoms with Gasteiger partial charge in [-0.15, -0.1) is 0 Å². The number of carbonyl (C=O) groups is 2. The first-order valence-corrected chi connectivity index (χ1v) is 10.0. The summed E-state index contributed by atoms with van der Waals surface area (Å²) < 4.78 is 0. The Morgan fingerprint density at radius 1 is 0.800 bits per heavy atom. The van der Waals surface area contributed by atoms with Crippen molar-refractivity contribution in [3.05, 3.63) is 101 Å². The van der Waals surface area contributed by atoms with Gasteiger partial charge in [0.15, 0.2) is 0 Å². The molecule has 3 aromatic carbocycles. The molecule has 30 heavy (non-hydrogen) atoms. The van der Waals surface area contributed by atoms with Crippen molar-refractivity contribution < 1.29 is 14.7 Å². The molecule has 4 nitrogen and oxygen atoms in total. The lowest BCUT2D eigenvalue weighted by atomic mass is 10.0. The van der Waals surface area contributed by atoms with Gasteiger partial charge in [-0.3, -0.25) is 4.79 Å². The number of carboxylic acids is 1. The van der Waals surface area contributed by atoms with Crippen LogP contribution in [0.5, 0.6) is 0 Å². The number of hydrogen-bond acceptors (Lipinski definition) is 4. The van der Waals surface area contributed by atoms with Crippen LogP contribution in [0.1, 0.15) is 34.0 Å². The lowest BCUT2D eigenvalue weighted by Crippen LogP contribution is -2.24. The number of hydrogen-bond donors (Lipinski definition) is 0. The minimum Gasteiger partial charge on any atom is -0.545 e. The predicted octanol–water partition coefficient (Wildman–Crippen LogP) is 3.72. The average molecular weight is 403 g/mol. The second kappa shape index (κ2) is 11.6. The molecule has 0 saturated heterocycles. The second-order valence-electron chi connectivity index (χ2n) is 7.24. The van der Waals surface area contributed by atoms with Crippen molar-refractivity contribution in [3.63, 3.8) is 0 Å². The van der Waals surface area contributed by atoms with Crippen molar-refractivity contribution in [1.82, 2.24) is 0 Å². The van der Waals surface area contributed by atoms with Gasteiger partial charge in [-0.2, -0.15) is 0 Å². The van der Waals surface area contributed by atoms with Crippen LogP contribution in [0, 0.1) is 0 Å². The summed E-state index contributed by atoms with van der Waals surface area (Å²) in [6.07, 6.45) is 1.75. The lowest BCUT2D eigenvalue weighted by Gasteiger charge is -2.16. The van der Waals surface area contributed by atoms with E-state index >= 15 is 0 Å². The number of carbonyl (C=O) groups excluding carboxylic acids is 2. The smallest absolute Gasteiger partial charge is 0.141 e. The molecule has 0 atom stereocenters. The molecule has 3 rings (SSSR count). The highest BCUT2D eigenvalue weighted by Gasteiger charge is 2.05. The fourth-order valence-electron chi connectivity index (χ4n) is 3.06. The first-order valence-electron chi connectivity index (χ1n) is 10.0. The molecule has 0 radical (unpaired) electrons. The summed E-state index contributed by atoms with van der Waals surface area (Å²) >= 11 is 0. The number of anilines is 1. The third-order valence-electron chi connectivity index (χ3n) is 4.69. The van der Waals surface area contributed by atoms with Crippen molar-refractivity contribution in [2.24, 2.45) is 0 Å². The highest BCUT2D eigenvalue weighted by atomic mass is 16.4. The lowest BCUT2D eigenvalue weighted by molar-refractivity contribution is -0.255. The minimum absolute atomic E-state index is 0.261. The molecule has 0 fully saturated rings. The van der Waals surface area contributed by atoms with Crippen LogP contribution in [0.4, 0.5) is 5.69 Å². The fourth-order valence-corrected chi connectivity index (χ4v) is 3.06. The Labute approximate surface area is 178 Å². The van der Waals surface area contributed by atoms with Crippen LogP contribution in [0.2, 0.25) is 0 Å². The Morgan fingerprint density at radius 3 is 1.70 bits per heavy atom. The average Bonchev–Trinajstić information content (AvgIpc) is 2.75. The van der Waals surface area contributed by atoms with Gasteiger partial charge in [0, 0.05) is 38.2 Å². The van der Waals surface area contributed by atoms with Gasteiger partial charge in [0.25, 0.3) is 0 Å². The Balaban J connectivity index is 0.000000216. The molecular formula is C26H28NO3-. The summed E-state index contributed by atoms with van der Waals surface area (Å²) in [4.78, 5) is 24.5. The van der Waals surface area contributed by atoms with Crippen molar-refractivity contribution >= 4 is 17.4 Å². The van der Waals surface area contributed by atoms with E-state index in [1.54, 1.807) is 12.1 Å². The number of nitrogens with zero attached hydrogens (tertiary/aromatic N) is 1.